The fourth-order valence-corrected chi connectivity index (χ4v) is 2.57. The number of fused-ring (bicyclic) bond motifs is 1. The predicted molar refractivity (Wildman–Crippen MR) is 93.8 cm³/mol. The number of rotatable bonds is 1. The van der Waals surface area contributed by atoms with Crippen molar-refractivity contribution in [1.29, 1.82) is 0 Å². The molecule has 1 aliphatic rings. The number of hydrogen-bond donors (Lipinski definition) is 0. The van der Waals surface area contributed by atoms with Gasteiger partial charge in [-0.1, -0.05) is 37.6 Å². The van der Waals surface area contributed by atoms with Crippen molar-refractivity contribution in [1.82, 2.24) is 4.98 Å². The molecule has 0 aliphatic carbocycles. The Morgan fingerprint density at radius 3 is 2.23 bits per heavy atom. The Bertz CT molecular complexity index is 657. The second-order valence-corrected chi connectivity index (χ2v) is 6.57. The fraction of sp³-hybridized carbons (Fsp3) is 0.471. The van der Waals surface area contributed by atoms with Gasteiger partial charge in [-0.3, -0.25) is 4.98 Å². The maximum absolute atomic E-state index is 6.31. The van der Waals surface area contributed by atoms with Crippen LogP contribution in [0.2, 0.25) is 5.02 Å². The molecule has 5 heteroatoms. The third-order valence-electron chi connectivity index (χ3n) is 4.21. The summed E-state index contributed by atoms with van der Waals surface area (Å²) in [5.41, 5.74) is 1.02. The first-order chi connectivity index (χ1) is 10.3. The molecule has 1 fully saturated rings. The van der Waals surface area contributed by atoms with Crippen LogP contribution in [0.25, 0.3) is 10.9 Å². The zero-order chi connectivity index (χ0) is 16.5. The molecule has 3 rings (SSSR count). The highest BCUT2D eigenvalue weighted by Crippen LogP contribution is 2.36. The first kappa shape index (κ1) is 17.3. The molecule has 1 saturated heterocycles. The molecular formula is C17H23BClNO2. The summed E-state index contributed by atoms with van der Waals surface area (Å²) in [6, 6.07) is 7.78. The highest BCUT2D eigenvalue weighted by molar-refractivity contribution is 6.63. The maximum atomic E-state index is 6.31. The third-order valence-corrected chi connectivity index (χ3v) is 4.49. The van der Waals surface area contributed by atoms with E-state index < -0.39 is 7.12 Å². The fourth-order valence-electron chi connectivity index (χ4n) is 2.28. The highest BCUT2D eigenvalue weighted by atomic mass is 35.5. The van der Waals surface area contributed by atoms with E-state index in [2.05, 4.69) is 4.98 Å². The van der Waals surface area contributed by atoms with Crippen molar-refractivity contribution in [2.24, 2.45) is 0 Å². The van der Waals surface area contributed by atoms with Crippen LogP contribution < -0.4 is 5.46 Å². The standard InChI is InChI=1S/C15H17BClNO2.C2H6/c1-14(2)15(3,4)20-16(19-14)11-8-10-6-5-7-18-13(10)12(17)9-11;1-2/h5-9H,1-4H3;1-2H3. The normalized spacial score (nSPS) is 19.0. The monoisotopic (exact) mass is 319 g/mol. The van der Waals surface area contributed by atoms with Crippen LogP contribution >= 0.6 is 11.6 Å². The van der Waals surface area contributed by atoms with Crippen LogP contribution in [0, 0.1) is 0 Å². The van der Waals surface area contributed by atoms with E-state index in [4.69, 9.17) is 20.9 Å². The Morgan fingerprint density at radius 1 is 1.05 bits per heavy atom. The SMILES string of the molecule is CC.CC1(C)OB(c2cc(Cl)c3ncccc3c2)OC1(C)C. The molecule has 0 saturated carbocycles. The molecule has 1 aromatic carbocycles. The molecule has 0 spiro atoms. The molecule has 0 atom stereocenters. The van der Waals surface area contributed by atoms with Gasteiger partial charge in [-0.15, -0.1) is 0 Å². The quantitative estimate of drug-likeness (QED) is 0.738. The van der Waals surface area contributed by atoms with Crippen molar-refractivity contribution in [3.8, 4) is 0 Å². The number of aromatic nitrogens is 1. The Balaban J connectivity index is 0.000000847. The van der Waals surface area contributed by atoms with E-state index in [0.717, 1.165) is 16.4 Å². The minimum absolute atomic E-state index is 0.353. The summed E-state index contributed by atoms with van der Waals surface area (Å²) >= 11 is 6.31. The van der Waals surface area contributed by atoms with E-state index in [1.54, 1.807) is 6.20 Å². The van der Waals surface area contributed by atoms with Crippen LogP contribution in [-0.4, -0.2) is 23.3 Å². The summed E-state index contributed by atoms with van der Waals surface area (Å²) in [5, 5.41) is 1.61. The van der Waals surface area contributed by atoms with Crippen LogP contribution in [0.4, 0.5) is 0 Å². The average Bonchev–Trinajstić information content (AvgIpc) is 2.70. The molecule has 0 amide bonds. The zero-order valence-corrected chi connectivity index (χ0v) is 14.9. The first-order valence-corrected chi connectivity index (χ1v) is 8.08. The van der Waals surface area contributed by atoms with Gasteiger partial charge in [0.1, 0.15) is 0 Å². The number of pyridine rings is 1. The van der Waals surface area contributed by atoms with E-state index in [1.165, 1.54) is 0 Å². The maximum Gasteiger partial charge on any atom is 0.494 e. The van der Waals surface area contributed by atoms with E-state index >= 15 is 0 Å². The molecule has 0 N–H and O–H groups in total. The van der Waals surface area contributed by atoms with Crippen LogP contribution in [-0.2, 0) is 9.31 Å². The molecule has 2 aromatic rings. The minimum atomic E-state index is -0.401. The molecule has 22 heavy (non-hydrogen) atoms. The van der Waals surface area contributed by atoms with Gasteiger partial charge < -0.3 is 9.31 Å². The lowest BCUT2D eigenvalue weighted by Crippen LogP contribution is -2.41. The summed E-state index contributed by atoms with van der Waals surface area (Å²) in [6.45, 7) is 12.2. The largest absolute Gasteiger partial charge is 0.494 e. The number of nitrogens with zero attached hydrogens (tertiary/aromatic N) is 1. The van der Waals surface area contributed by atoms with Gasteiger partial charge in [-0.05, 0) is 45.3 Å². The Morgan fingerprint density at radius 2 is 1.64 bits per heavy atom. The molecule has 1 aromatic heterocycles. The molecular weight excluding hydrogens is 296 g/mol. The van der Waals surface area contributed by atoms with E-state index in [9.17, 15) is 0 Å². The van der Waals surface area contributed by atoms with Crippen molar-refractivity contribution in [2.75, 3.05) is 0 Å². The lowest BCUT2D eigenvalue weighted by molar-refractivity contribution is 0.00578. The molecule has 0 radical (unpaired) electrons. The smallest absolute Gasteiger partial charge is 0.399 e. The van der Waals surface area contributed by atoms with Gasteiger partial charge in [0.2, 0.25) is 0 Å². The van der Waals surface area contributed by atoms with Crippen LogP contribution in [0.15, 0.2) is 30.5 Å². The van der Waals surface area contributed by atoms with E-state index in [1.807, 2.05) is 65.8 Å². The molecule has 3 nitrogen and oxygen atoms in total. The Kier molecular flexibility index (Phi) is 4.86. The van der Waals surface area contributed by atoms with Crippen LogP contribution in [0.1, 0.15) is 41.5 Å². The number of halogens is 1. The van der Waals surface area contributed by atoms with Crippen LogP contribution in [0.5, 0.6) is 0 Å². The highest BCUT2D eigenvalue weighted by Gasteiger charge is 2.51. The summed E-state index contributed by atoms with van der Waals surface area (Å²) in [6.07, 6.45) is 1.74. The van der Waals surface area contributed by atoms with Crippen molar-refractivity contribution in [2.45, 2.75) is 52.7 Å². The lowest BCUT2D eigenvalue weighted by Gasteiger charge is -2.32. The second-order valence-electron chi connectivity index (χ2n) is 6.17. The summed E-state index contributed by atoms with van der Waals surface area (Å²) in [7, 11) is -0.401. The van der Waals surface area contributed by atoms with Crippen molar-refractivity contribution < 1.29 is 9.31 Å². The molecule has 118 valence electrons. The summed E-state index contributed by atoms with van der Waals surface area (Å²) in [4.78, 5) is 4.29. The van der Waals surface area contributed by atoms with Gasteiger partial charge >= 0.3 is 7.12 Å². The minimum Gasteiger partial charge on any atom is -0.399 e. The topological polar surface area (TPSA) is 31.4 Å². The lowest BCUT2D eigenvalue weighted by atomic mass is 9.78. The zero-order valence-electron chi connectivity index (χ0n) is 14.1. The molecule has 0 bridgehead atoms. The predicted octanol–water partition coefficient (Wildman–Crippen LogP) is 4.21. The molecule has 1 aliphatic heterocycles. The van der Waals surface area contributed by atoms with Crippen molar-refractivity contribution in [3.05, 3.63) is 35.5 Å². The van der Waals surface area contributed by atoms with E-state index in [-0.39, 0.29) is 11.2 Å². The van der Waals surface area contributed by atoms with Gasteiger partial charge in [0.05, 0.1) is 21.7 Å². The molecule has 0 unspecified atom stereocenters. The third kappa shape index (κ3) is 3.01. The van der Waals surface area contributed by atoms with Gasteiger partial charge in [-0.25, -0.2) is 0 Å². The Labute approximate surface area is 138 Å². The second kappa shape index (κ2) is 6.19. The van der Waals surface area contributed by atoms with Gasteiger partial charge in [0.15, 0.2) is 0 Å². The van der Waals surface area contributed by atoms with Crippen LogP contribution in [0.3, 0.4) is 0 Å². The van der Waals surface area contributed by atoms with Crippen molar-refractivity contribution in [3.63, 3.8) is 0 Å². The average molecular weight is 320 g/mol. The first-order valence-electron chi connectivity index (χ1n) is 7.70. The number of hydrogen-bond acceptors (Lipinski definition) is 3. The van der Waals surface area contributed by atoms with Gasteiger partial charge in [0, 0.05) is 11.6 Å². The summed E-state index contributed by atoms with van der Waals surface area (Å²) in [5.74, 6) is 0. The number of benzene rings is 1. The summed E-state index contributed by atoms with van der Waals surface area (Å²) < 4.78 is 12.1. The van der Waals surface area contributed by atoms with Crippen molar-refractivity contribution >= 4 is 35.1 Å². The van der Waals surface area contributed by atoms with Gasteiger partial charge in [0.25, 0.3) is 0 Å². The Hall–Kier alpha value is -1.10. The van der Waals surface area contributed by atoms with Gasteiger partial charge in [-0.2, -0.15) is 0 Å². The molecule has 2 heterocycles. The van der Waals surface area contributed by atoms with E-state index in [0.29, 0.717) is 5.02 Å².